The number of nitrogens with one attached hydrogen (secondary N) is 1. The standard InChI is InChI=1S/C21H20F2N4O3/c1-29-16-4-2-3-14(11-16)19-25-20(30-26-19)13-7-9-27(10-8-13)21(28)24-18-12-15(22)5-6-17(18)23/h2-6,11-13H,7-10H2,1H3,(H,24,28). The van der Waals surface area contributed by atoms with Gasteiger partial charge < -0.3 is 19.5 Å². The highest BCUT2D eigenvalue weighted by Crippen LogP contribution is 2.29. The number of urea groups is 1. The van der Waals surface area contributed by atoms with E-state index >= 15 is 0 Å². The van der Waals surface area contributed by atoms with E-state index in [2.05, 4.69) is 15.5 Å². The predicted molar refractivity (Wildman–Crippen MR) is 105 cm³/mol. The normalized spacial score (nSPS) is 14.6. The molecule has 9 heteroatoms. The second kappa shape index (κ2) is 8.48. The van der Waals surface area contributed by atoms with Gasteiger partial charge in [-0.2, -0.15) is 4.98 Å². The van der Waals surface area contributed by atoms with Crippen molar-refractivity contribution in [3.63, 3.8) is 0 Å². The number of methoxy groups -OCH3 is 1. The van der Waals surface area contributed by atoms with Crippen molar-refractivity contribution in [3.05, 3.63) is 60.0 Å². The molecule has 0 radical (unpaired) electrons. The fraction of sp³-hybridized carbons (Fsp3) is 0.286. The molecule has 0 atom stereocenters. The van der Waals surface area contributed by atoms with Crippen molar-refractivity contribution in [2.24, 2.45) is 0 Å². The van der Waals surface area contributed by atoms with Crippen molar-refractivity contribution in [2.75, 3.05) is 25.5 Å². The van der Waals surface area contributed by atoms with Crippen LogP contribution < -0.4 is 10.1 Å². The van der Waals surface area contributed by atoms with E-state index in [1.54, 1.807) is 12.0 Å². The summed E-state index contributed by atoms with van der Waals surface area (Å²) in [5.41, 5.74) is 0.611. The number of likely N-dealkylation sites (tertiary alicyclic amines) is 1. The van der Waals surface area contributed by atoms with Crippen LogP contribution in [0.25, 0.3) is 11.4 Å². The molecule has 0 bridgehead atoms. The quantitative estimate of drug-likeness (QED) is 0.683. The van der Waals surface area contributed by atoms with E-state index in [0.717, 1.165) is 23.8 Å². The molecule has 1 saturated heterocycles. The molecule has 1 N–H and O–H groups in total. The van der Waals surface area contributed by atoms with Gasteiger partial charge in [0.1, 0.15) is 17.4 Å². The molecule has 2 heterocycles. The maximum absolute atomic E-state index is 13.7. The Morgan fingerprint density at radius 1 is 1.20 bits per heavy atom. The van der Waals surface area contributed by atoms with Crippen LogP contribution in [0.2, 0.25) is 0 Å². The van der Waals surface area contributed by atoms with Gasteiger partial charge in [0.05, 0.1) is 12.8 Å². The van der Waals surface area contributed by atoms with Gasteiger partial charge in [0, 0.05) is 30.6 Å². The van der Waals surface area contributed by atoms with E-state index in [0.29, 0.717) is 43.4 Å². The molecule has 4 rings (SSSR count). The first-order valence-electron chi connectivity index (χ1n) is 9.52. The Bertz CT molecular complexity index is 1050. The monoisotopic (exact) mass is 414 g/mol. The average Bonchev–Trinajstić information content (AvgIpc) is 3.27. The highest BCUT2D eigenvalue weighted by Gasteiger charge is 2.28. The van der Waals surface area contributed by atoms with E-state index < -0.39 is 17.7 Å². The van der Waals surface area contributed by atoms with Crippen molar-refractivity contribution in [3.8, 4) is 17.1 Å². The molecule has 2 aromatic carbocycles. The lowest BCUT2D eigenvalue weighted by molar-refractivity contribution is 0.187. The first kappa shape index (κ1) is 19.8. The number of carbonyl (C=O) groups is 1. The molecular formula is C21H20F2N4O3. The van der Waals surface area contributed by atoms with Crippen LogP contribution in [-0.4, -0.2) is 41.3 Å². The van der Waals surface area contributed by atoms with E-state index in [1.165, 1.54) is 0 Å². The number of piperidine rings is 1. The highest BCUT2D eigenvalue weighted by molar-refractivity contribution is 5.89. The molecule has 1 aromatic heterocycles. The van der Waals surface area contributed by atoms with Crippen LogP contribution in [0.15, 0.2) is 47.0 Å². The Morgan fingerprint density at radius 2 is 2.00 bits per heavy atom. The minimum atomic E-state index is -0.685. The summed E-state index contributed by atoms with van der Waals surface area (Å²) in [6.45, 7) is 0.870. The summed E-state index contributed by atoms with van der Waals surface area (Å²) in [5, 5.41) is 6.47. The van der Waals surface area contributed by atoms with Crippen molar-refractivity contribution in [2.45, 2.75) is 18.8 Å². The second-order valence-electron chi connectivity index (χ2n) is 7.00. The van der Waals surface area contributed by atoms with Crippen LogP contribution in [0.4, 0.5) is 19.3 Å². The zero-order valence-electron chi connectivity index (χ0n) is 16.3. The third kappa shape index (κ3) is 4.24. The SMILES string of the molecule is COc1cccc(-c2noc(C3CCN(C(=O)Nc4cc(F)ccc4F)CC3)n2)c1. The lowest BCUT2D eigenvalue weighted by atomic mass is 9.97. The first-order chi connectivity index (χ1) is 14.5. The molecule has 3 aromatic rings. The van der Waals surface area contributed by atoms with Crippen molar-refractivity contribution < 1.29 is 22.8 Å². The summed E-state index contributed by atoms with van der Waals surface area (Å²) in [5.74, 6) is 0.415. The molecular weight excluding hydrogens is 394 g/mol. The lowest BCUT2D eigenvalue weighted by Crippen LogP contribution is -2.40. The summed E-state index contributed by atoms with van der Waals surface area (Å²) < 4.78 is 37.7. The zero-order chi connectivity index (χ0) is 21.1. The number of hydrogen-bond donors (Lipinski definition) is 1. The number of amides is 2. The maximum Gasteiger partial charge on any atom is 0.321 e. The summed E-state index contributed by atoms with van der Waals surface area (Å²) in [6.07, 6.45) is 1.25. The number of anilines is 1. The fourth-order valence-corrected chi connectivity index (χ4v) is 3.40. The van der Waals surface area contributed by atoms with E-state index in [-0.39, 0.29) is 11.6 Å². The van der Waals surface area contributed by atoms with Crippen molar-refractivity contribution >= 4 is 11.7 Å². The largest absolute Gasteiger partial charge is 0.497 e. The van der Waals surface area contributed by atoms with Crippen LogP contribution in [0.3, 0.4) is 0 Å². The van der Waals surface area contributed by atoms with Gasteiger partial charge in [-0.05, 0) is 37.1 Å². The van der Waals surface area contributed by atoms with Crippen LogP contribution in [-0.2, 0) is 0 Å². The average molecular weight is 414 g/mol. The number of hydrogen-bond acceptors (Lipinski definition) is 5. The summed E-state index contributed by atoms with van der Waals surface area (Å²) in [6, 6.07) is 9.85. The van der Waals surface area contributed by atoms with Crippen molar-refractivity contribution in [1.29, 1.82) is 0 Å². The molecule has 0 aliphatic carbocycles. The molecule has 156 valence electrons. The van der Waals surface area contributed by atoms with Gasteiger partial charge in [-0.1, -0.05) is 17.3 Å². The lowest BCUT2D eigenvalue weighted by Gasteiger charge is -2.30. The van der Waals surface area contributed by atoms with Crippen LogP contribution in [0.1, 0.15) is 24.7 Å². The van der Waals surface area contributed by atoms with E-state index in [1.807, 2.05) is 24.3 Å². The Labute approximate surface area is 171 Å². The van der Waals surface area contributed by atoms with Crippen LogP contribution >= 0.6 is 0 Å². The number of aromatic nitrogens is 2. The number of benzene rings is 2. The molecule has 1 aliphatic heterocycles. The third-order valence-corrected chi connectivity index (χ3v) is 5.07. The Morgan fingerprint density at radius 3 is 2.77 bits per heavy atom. The zero-order valence-corrected chi connectivity index (χ0v) is 16.3. The summed E-state index contributed by atoms with van der Waals surface area (Å²) in [7, 11) is 1.59. The van der Waals surface area contributed by atoms with E-state index in [9.17, 15) is 13.6 Å². The minimum Gasteiger partial charge on any atom is -0.497 e. The van der Waals surface area contributed by atoms with Gasteiger partial charge in [0.25, 0.3) is 0 Å². The van der Waals surface area contributed by atoms with Crippen molar-refractivity contribution in [1.82, 2.24) is 15.0 Å². The topological polar surface area (TPSA) is 80.5 Å². The minimum absolute atomic E-state index is 0.0202. The molecule has 1 fully saturated rings. The van der Waals surface area contributed by atoms with E-state index in [4.69, 9.17) is 9.26 Å². The predicted octanol–water partition coefficient (Wildman–Crippen LogP) is 4.43. The van der Waals surface area contributed by atoms with Gasteiger partial charge in [-0.25, -0.2) is 13.6 Å². The summed E-state index contributed by atoms with van der Waals surface area (Å²) in [4.78, 5) is 18.4. The van der Waals surface area contributed by atoms with Gasteiger partial charge in [0.15, 0.2) is 0 Å². The number of halogens is 2. The van der Waals surface area contributed by atoms with Crippen LogP contribution in [0.5, 0.6) is 5.75 Å². The number of ether oxygens (including phenoxy) is 1. The molecule has 30 heavy (non-hydrogen) atoms. The summed E-state index contributed by atoms with van der Waals surface area (Å²) >= 11 is 0. The smallest absolute Gasteiger partial charge is 0.321 e. The number of carbonyl (C=O) groups excluding carboxylic acids is 1. The molecule has 0 saturated carbocycles. The third-order valence-electron chi connectivity index (χ3n) is 5.07. The van der Waals surface area contributed by atoms with Gasteiger partial charge in [-0.3, -0.25) is 0 Å². The second-order valence-corrected chi connectivity index (χ2v) is 7.00. The molecule has 2 amide bonds. The van der Waals surface area contributed by atoms with Gasteiger partial charge >= 0.3 is 6.03 Å². The van der Waals surface area contributed by atoms with Gasteiger partial charge in [-0.15, -0.1) is 0 Å². The Balaban J connectivity index is 1.37. The number of nitrogens with zero attached hydrogens (tertiary/aromatic N) is 3. The molecule has 7 nitrogen and oxygen atoms in total. The molecule has 0 unspecified atom stereocenters. The highest BCUT2D eigenvalue weighted by atomic mass is 19.1. The number of rotatable bonds is 4. The Kier molecular flexibility index (Phi) is 5.60. The first-order valence-corrected chi connectivity index (χ1v) is 9.52. The molecule has 1 aliphatic rings. The molecule has 0 spiro atoms. The Hall–Kier alpha value is -3.49. The van der Waals surface area contributed by atoms with Gasteiger partial charge in [0.2, 0.25) is 11.7 Å². The maximum atomic E-state index is 13.7. The van der Waals surface area contributed by atoms with Crippen LogP contribution in [0, 0.1) is 11.6 Å². The fourth-order valence-electron chi connectivity index (χ4n) is 3.40.